The van der Waals surface area contributed by atoms with E-state index in [-0.39, 0.29) is 0 Å². The molecule has 1 aliphatic heterocycles. The van der Waals surface area contributed by atoms with E-state index in [0.717, 1.165) is 25.3 Å². The van der Waals surface area contributed by atoms with Gasteiger partial charge in [-0.2, -0.15) is 10.1 Å². The molecule has 0 aliphatic carbocycles. The van der Waals surface area contributed by atoms with E-state index in [1.165, 1.54) is 11.1 Å². The molecule has 0 atom stereocenters. The van der Waals surface area contributed by atoms with E-state index in [4.69, 9.17) is 0 Å². The van der Waals surface area contributed by atoms with Crippen molar-refractivity contribution in [2.75, 3.05) is 36.4 Å². The summed E-state index contributed by atoms with van der Waals surface area (Å²) in [5, 5.41) is 11.3. The van der Waals surface area contributed by atoms with Crippen molar-refractivity contribution >= 4 is 18.2 Å². The zero-order valence-electron chi connectivity index (χ0n) is 13.1. The summed E-state index contributed by atoms with van der Waals surface area (Å²) in [6.07, 6.45) is 2.55. The van der Waals surface area contributed by atoms with Gasteiger partial charge >= 0.3 is 0 Å². The second-order valence-corrected chi connectivity index (χ2v) is 5.61. The molecule has 23 heavy (non-hydrogen) atoms. The Labute approximate surface area is 135 Å². The van der Waals surface area contributed by atoms with Gasteiger partial charge in [-0.15, -0.1) is 5.10 Å². The van der Waals surface area contributed by atoms with Gasteiger partial charge in [0.15, 0.2) is 5.82 Å². The van der Waals surface area contributed by atoms with Crippen LogP contribution >= 0.6 is 0 Å². The maximum absolute atomic E-state index is 10.8. The number of carbonyl (C=O) groups excluding carboxylic acids is 1. The molecule has 1 N–H and O–H groups in total. The molecule has 1 aromatic carbocycles. The molecule has 1 fully saturated rings. The van der Waals surface area contributed by atoms with Crippen LogP contribution in [0.1, 0.15) is 11.1 Å². The molecule has 0 bridgehead atoms. The lowest BCUT2D eigenvalue weighted by atomic mass is 10.1. The van der Waals surface area contributed by atoms with Crippen molar-refractivity contribution in [3.63, 3.8) is 0 Å². The Hall–Kier alpha value is -2.70. The normalized spacial score (nSPS) is 14.7. The quantitative estimate of drug-likeness (QED) is 0.833. The van der Waals surface area contributed by atoms with E-state index in [1.54, 1.807) is 11.1 Å². The molecule has 1 amide bonds. The van der Waals surface area contributed by atoms with Crippen LogP contribution in [0.4, 0.5) is 11.8 Å². The lowest BCUT2D eigenvalue weighted by Crippen LogP contribution is -2.46. The van der Waals surface area contributed by atoms with Gasteiger partial charge in [-0.3, -0.25) is 4.79 Å². The van der Waals surface area contributed by atoms with Crippen molar-refractivity contribution in [3.8, 4) is 0 Å². The molecular weight excluding hydrogens is 292 g/mol. The molecule has 3 rings (SSSR count). The largest absolute Gasteiger partial charge is 0.352 e. The number of hydrogen-bond donors (Lipinski definition) is 1. The first-order valence-electron chi connectivity index (χ1n) is 7.68. The van der Waals surface area contributed by atoms with Gasteiger partial charge in [0.2, 0.25) is 12.4 Å². The topological polar surface area (TPSA) is 74.2 Å². The summed E-state index contributed by atoms with van der Waals surface area (Å²) in [5.41, 5.74) is 2.41. The van der Waals surface area contributed by atoms with Gasteiger partial charge in [-0.25, -0.2) is 0 Å². The maximum Gasteiger partial charge on any atom is 0.244 e. The molecule has 7 heteroatoms. The van der Waals surface area contributed by atoms with Crippen molar-refractivity contribution in [1.82, 2.24) is 20.1 Å². The van der Waals surface area contributed by atoms with Crippen LogP contribution in [0.25, 0.3) is 0 Å². The summed E-state index contributed by atoms with van der Waals surface area (Å²) < 4.78 is 0. The van der Waals surface area contributed by atoms with Gasteiger partial charge in [-0.05, 0) is 12.5 Å². The van der Waals surface area contributed by atoms with E-state index >= 15 is 0 Å². The number of anilines is 2. The van der Waals surface area contributed by atoms with Crippen LogP contribution in [0.3, 0.4) is 0 Å². The minimum Gasteiger partial charge on any atom is -0.352 e. The van der Waals surface area contributed by atoms with Crippen molar-refractivity contribution in [2.24, 2.45) is 0 Å². The Balaban J connectivity index is 1.61. The Kier molecular flexibility index (Phi) is 4.65. The average Bonchev–Trinajstić information content (AvgIpc) is 2.61. The number of aromatic nitrogens is 3. The fraction of sp³-hybridized carbons (Fsp3) is 0.375. The van der Waals surface area contributed by atoms with E-state index in [0.29, 0.717) is 25.6 Å². The number of benzene rings is 1. The first-order chi connectivity index (χ1) is 11.2. The number of hydrogen-bond acceptors (Lipinski definition) is 6. The first kappa shape index (κ1) is 15.2. The molecule has 0 unspecified atom stereocenters. The molecule has 0 spiro atoms. The van der Waals surface area contributed by atoms with E-state index in [2.05, 4.69) is 56.6 Å². The number of carbonyl (C=O) groups is 1. The molecule has 7 nitrogen and oxygen atoms in total. The molecule has 2 aromatic rings. The fourth-order valence-electron chi connectivity index (χ4n) is 2.47. The van der Waals surface area contributed by atoms with Gasteiger partial charge in [0.25, 0.3) is 0 Å². The average molecular weight is 312 g/mol. The standard InChI is InChI=1S/C16H20N6O/c1-13-2-4-14(5-3-13)10-17-16-19-15(11-18-20-16)22-8-6-21(12-23)7-9-22/h2-5,11-12H,6-10H2,1H3,(H,17,19,20). The van der Waals surface area contributed by atoms with Crippen LogP contribution in [-0.2, 0) is 11.3 Å². The van der Waals surface area contributed by atoms with Gasteiger partial charge in [-0.1, -0.05) is 29.8 Å². The van der Waals surface area contributed by atoms with Gasteiger partial charge in [0.1, 0.15) is 0 Å². The summed E-state index contributed by atoms with van der Waals surface area (Å²) in [6, 6.07) is 8.33. The summed E-state index contributed by atoms with van der Waals surface area (Å²) >= 11 is 0. The van der Waals surface area contributed by atoms with Crippen molar-refractivity contribution in [1.29, 1.82) is 0 Å². The molecule has 0 radical (unpaired) electrons. The highest BCUT2D eigenvalue weighted by Gasteiger charge is 2.17. The monoisotopic (exact) mass is 312 g/mol. The molecule has 1 saturated heterocycles. The third-order valence-corrected chi connectivity index (χ3v) is 3.90. The lowest BCUT2D eigenvalue weighted by Gasteiger charge is -2.33. The molecule has 1 aliphatic rings. The van der Waals surface area contributed by atoms with Gasteiger partial charge < -0.3 is 15.1 Å². The third-order valence-electron chi connectivity index (χ3n) is 3.90. The molecule has 120 valence electrons. The second kappa shape index (κ2) is 7.04. The third kappa shape index (κ3) is 3.94. The number of piperazine rings is 1. The summed E-state index contributed by atoms with van der Waals surface area (Å²) in [5.74, 6) is 1.30. The van der Waals surface area contributed by atoms with Crippen molar-refractivity contribution < 1.29 is 4.79 Å². The highest BCUT2D eigenvalue weighted by atomic mass is 16.1. The summed E-state index contributed by atoms with van der Waals surface area (Å²) in [7, 11) is 0. The highest BCUT2D eigenvalue weighted by molar-refractivity contribution is 5.49. The van der Waals surface area contributed by atoms with Crippen LogP contribution in [0.15, 0.2) is 30.5 Å². The fourth-order valence-corrected chi connectivity index (χ4v) is 2.47. The summed E-state index contributed by atoms with van der Waals surface area (Å²) in [4.78, 5) is 19.2. The number of aryl methyl sites for hydroxylation is 1. The van der Waals surface area contributed by atoms with Crippen LogP contribution < -0.4 is 10.2 Å². The first-order valence-corrected chi connectivity index (χ1v) is 7.68. The molecular formula is C16H20N6O. The highest BCUT2D eigenvalue weighted by Crippen LogP contribution is 2.13. The minimum absolute atomic E-state index is 0.515. The zero-order valence-corrected chi connectivity index (χ0v) is 13.1. The maximum atomic E-state index is 10.8. The number of nitrogens with zero attached hydrogens (tertiary/aromatic N) is 5. The van der Waals surface area contributed by atoms with Gasteiger partial charge in [0.05, 0.1) is 6.20 Å². The Morgan fingerprint density at radius 1 is 1.17 bits per heavy atom. The van der Waals surface area contributed by atoms with Crippen molar-refractivity contribution in [2.45, 2.75) is 13.5 Å². The number of nitrogens with one attached hydrogen (secondary N) is 1. The smallest absolute Gasteiger partial charge is 0.244 e. The van der Waals surface area contributed by atoms with Crippen LogP contribution in [0, 0.1) is 6.92 Å². The van der Waals surface area contributed by atoms with Crippen LogP contribution in [0.5, 0.6) is 0 Å². The molecule has 1 aromatic heterocycles. The Morgan fingerprint density at radius 3 is 2.61 bits per heavy atom. The number of amides is 1. The Bertz CT molecular complexity index is 652. The SMILES string of the molecule is Cc1ccc(CNc2nncc(N3CCN(C=O)CC3)n2)cc1. The van der Waals surface area contributed by atoms with E-state index in [1.807, 2.05) is 0 Å². The second-order valence-electron chi connectivity index (χ2n) is 5.61. The van der Waals surface area contributed by atoms with E-state index < -0.39 is 0 Å². The Morgan fingerprint density at radius 2 is 1.91 bits per heavy atom. The molecule has 0 saturated carbocycles. The van der Waals surface area contributed by atoms with Gasteiger partial charge in [0, 0.05) is 32.7 Å². The number of rotatable bonds is 5. The van der Waals surface area contributed by atoms with Crippen molar-refractivity contribution in [3.05, 3.63) is 41.6 Å². The lowest BCUT2D eigenvalue weighted by molar-refractivity contribution is -0.118. The molecule has 2 heterocycles. The minimum atomic E-state index is 0.515. The van der Waals surface area contributed by atoms with Crippen LogP contribution in [-0.4, -0.2) is 52.7 Å². The summed E-state index contributed by atoms with van der Waals surface area (Å²) in [6.45, 7) is 5.66. The zero-order chi connectivity index (χ0) is 16.1. The van der Waals surface area contributed by atoms with E-state index in [9.17, 15) is 4.79 Å². The predicted molar refractivity (Wildman–Crippen MR) is 88.2 cm³/mol. The van der Waals surface area contributed by atoms with Crippen LogP contribution in [0.2, 0.25) is 0 Å². The predicted octanol–water partition coefficient (Wildman–Crippen LogP) is 1.07.